The van der Waals surface area contributed by atoms with E-state index in [4.69, 9.17) is 29.0 Å². The molecule has 71 heavy (non-hydrogen) atoms. The van der Waals surface area contributed by atoms with Crippen LogP contribution in [0.4, 0.5) is 20.3 Å². The second-order valence-electron chi connectivity index (χ2n) is 21.2. The van der Waals surface area contributed by atoms with Crippen LogP contribution in [0.1, 0.15) is 92.5 Å². The first-order valence-corrected chi connectivity index (χ1v) is 26.5. The highest BCUT2D eigenvalue weighted by Gasteiger charge is 2.48. The summed E-state index contributed by atoms with van der Waals surface area (Å²) in [5.41, 5.74) is 15.4. The second-order valence-corrected chi connectivity index (χ2v) is 21.6. The van der Waals surface area contributed by atoms with E-state index in [9.17, 15) is 0 Å². The van der Waals surface area contributed by atoms with Crippen molar-refractivity contribution in [2.45, 2.75) is 89.0 Å². The van der Waals surface area contributed by atoms with E-state index in [0.29, 0.717) is 54.0 Å². The highest BCUT2D eigenvalue weighted by molar-refractivity contribution is 6.34. The third-order valence-electron chi connectivity index (χ3n) is 17.2. The molecule has 12 heteroatoms. The summed E-state index contributed by atoms with van der Waals surface area (Å²) >= 11 is 6.91. The Labute approximate surface area is 425 Å². The SMILES string of the molecule is C=C1CCN(c2nn(C)c3cc(N4CCC(C(=C)N5CCC(CN6CCC(NCC7(c8ccccc8)Cc8cc(F)c(Cl)c(-c9c(C(=C)N)ccc(CC)c9F)c8C7C)CC6)CC5)CC4)ccc23)C(=C)N1. The van der Waals surface area contributed by atoms with Crippen molar-refractivity contribution >= 4 is 39.7 Å². The van der Waals surface area contributed by atoms with Crippen LogP contribution in [0.2, 0.25) is 5.02 Å². The van der Waals surface area contributed by atoms with Crippen molar-refractivity contribution in [1.82, 2.24) is 30.2 Å². The quantitative estimate of drug-likeness (QED) is 0.108. The molecule has 0 bridgehead atoms. The number of anilines is 2. The van der Waals surface area contributed by atoms with Gasteiger partial charge in [0.2, 0.25) is 0 Å². The molecular weight excluding hydrogens is 908 g/mol. The second kappa shape index (κ2) is 20.1. The van der Waals surface area contributed by atoms with Crippen LogP contribution >= 0.6 is 11.6 Å². The maximum atomic E-state index is 16.5. The van der Waals surface area contributed by atoms with E-state index >= 15 is 8.78 Å². The first-order valence-electron chi connectivity index (χ1n) is 26.1. The summed E-state index contributed by atoms with van der Waals surface area (Å²) in [5, 5.41) is 13.3. The molecule has 4 aliphatic heterocycles. The fraction of sp³-hybridized carbons (Fsp3) is 0.441. The summed E-state index contributed by atoms with van der Waals surface area (Å²) in [4.78, 5) is 9.97. The van der Waals surface area contributed by atoms with E-state index in [0.717, 1.165) is 124 Å². The molecule has 10 rings (SSSR count). The number of likely N-dealkylation sites (tertiary alicyclic amines) is 2. The van der Waals surface area contributed by atoms with Crippen LogP contribution in [-0.2, 0) is 25.3 Å². The molecule has 0 saturated carbocycles. The number of hydrogen-bond donors (Lipinski definition) is 3. The number of hydrogen-bond acceptors (Lipinski definition) is 8. The van der Waals surface area contributed by atoms with Gasteiger partial charge in [-0.05, 0) is 123 Å². The maximum absolute atomic E-state index is 16.5. The van der Waals surface area contributed by atoms with Crippen molar-refractivity contribution in [3.05, 3.63) is 155 Å². The van der Waals surface area contributed by atoms with Crippen molar-refractivity contribution in [2.75, 3.05) is 68.7 Å². The van der Waals surface area contributed by atoms with E-state index in [1.54, 1.807) is 18.2 Å². The minimum absolute atomic E-state index is 0.0708. The molecule has 2 atom stereocenters. The van der Waals surface area contributed by atoms with Crippen LogP contribution in [-0.4, -0.2) is 84.5 Å². The average Bonchev–Trinajstić information content (AvgIpc) is 3.86. The lowest BCUT2D eigenvalue weighted by Gasteiger charge is -2.42. The Morgan fingerprint density at radius 1 is 0.901 bits per heavy atom. The van der Waals surface area contributed by atoms with E-state index in [-0.39, 0.29) is 22.2 Å². The fourth-order valence-electron chi connectivity index (χ4n) is 12.9. The van der Waals surface area contributed by atoms with Gasteiger partial charge in [-0.25, -0.2) is 8.78 Å². The molecule has 9 nitrogen and oxygen atoms in total. The van der Waals surface area contributed by atoms with Crippen molar-refractivity contribution in [2.24, 2.45) is 24.6 Å². The van der Waals surface area contributed by atoms with Gasteiger partial charge in [-0.15, -0.1) is 0 Å². The number of allylic oxidation sites excluding steroid dienone is 1. The van der Waals surface area contributed by atoms with Gasteiger partial charge in [-0.2, -0.15) is 5.10 Å². The molecule has 4 N–H and O–H groups in total. The van der Waals surface area contributed by atoms with Gasteiger partial charge in [0.05, 0.1) is 10.5 Å². The number of aryl methyl sites for hydroxylation is 2. The Morgan fingerprint density at radius 3 is 2.32 bits per heavy atom. The normalized spacial score (nSPS) is 21.8. The highest BCUT2D eigenvalue weighted by atomic mass is 35.5. The number of nitrogens with one attached hydrogen (secondary N) is 2. The standard InChI is InChI=1S/C59H72ClF2N9/c1-8-43-14-16-49(39(4)63)54(57(43)62)55-53-38(3)59(46-12-10-9-11-13-46,34-45(53)32-51(61)56(55)60)36-64-47-23-25-68(26-24-47)35-42-19-27-69(28-20-42)40(5)44-21-29-70(30-22-44)48-15-17-50-52(33-48)67(7)66-58(50)71-31-18-37(2)65-41(71)6/h9-17,32-33,38,42,44,47,64-65H,2,4-6,8,18-31,34-36,63H2,1,3,7H3. The van der Waals surface area contributed by atoms with Crippen LogP contribution in [0.15, 0.2) is 110 Å². The minimum atomic E-state index is -0.546. The molecule has 5 heterocycles. The lowest BCUT2D eigenvalue weighted by Crippen LogP contribution is -2.49. The van der Waals surface area contributed by atoms with Gasteiger partial charge < -0.3 is 36.0 Å². The summed E-state index contributed by atoms with van der Waals surface area (Å²) < 4.78 is 34.5. The summed E-state index contributed by atoms with van der Waals surface area (Å²) in [6.45, 7) is 30.1. The van der Waals surface area contributed by atoms with Crippen LogP contribution < -0.4 is 26.2 Å². The van der Waals surface area contributed by atoms with Gasteiger partial charge in [0, 0.05) is 122 Å². The van der Waals surface area contributed by atoms with Crippen molar-refractivity contribution in [3.63, 3.8) is 0 Å². The number of nitrogens with zero attached hydrogens (tertiary/aromatic N) is 6. The van der Waals surface area contributed by atoms with E-state index < -0.39 is 17.0 Å². The largest absolute Gasteiger partial charge is 0.399 e. The van der Waals surface area contributed by atoms with Crippen molar-refractivity contribution < 1.29 is 8.78 Å². The Balaban J connectivity index is 0.723. The molecule has 4 saturated heterocycles. The number of rotatable bonds is 13. The number of fused-ring (bicyclic) bond motifs is 2. The highest BCUT2D eigenvalue weighted by Crippen LogP contribution is 2.55. The third kappa shape index (κ3) is 9.27. The molecule has 5 aromatic rings. The molecule has 0 amide bonds. The van der Waals surface area contributed by atoms with E-state index in [1.807, 2.05) is 24.7 Å². The van der Waals surface area contributed by atoms with Gasteiger partial charge >= 0.3 is 0 Å². The van der Waals surface area contributed by atoms with Crippen LogP contribution in [0.5, 0.6) is 0 Å². The first-order chi connectivity index (χ1) is 34.2. The minimum Gasteiger partial charge on any atom is -0.399 e. The average molecular weight is 981 g/mol. The fourth-order valence-corrected chi connectivity index (χ4v) is 13.2. The lowest BCUT2D eigenvalue weighted by molar-refractivity contribution is 0.128. The van der Waals surface area contributed by atoms with Gasteiger partial charge in [0.1, 0.15) is 17.5 Å². The zero-order valence-corrected chi connectivity index (χ0v) is 42.9. The zero-order valence-electron chi connectivity index (χ0n) is 42.1. The topological polar surface area (TPSA) is 80.9 Å². The monoisotopic (exact) mass is 980 g/mol. The molecule has 0 spiro atoms. The van der Waals surface area contributed by atoms with E-state index in [1.165, 1.54) is 29.8 Å². The van der Waals surface area contributed by atoms with Gasteiger partial charge in [-0.1, -0.05) is 94.2 Å². The number of halogens is 3. The smallest absolute Gasteiger partial charge is 0.164 e. The molecule has 5 aliphatic rings. The molecule has 1 aliphatic carbocycles. The molecule has 0 radical (unpaired) electrons. The van der Waals surface area contributed by atoms with Gasteiger partial charge in [0.15, 0.2) is 5.82 Å². The number of aromatic nitrogens is 2. The summed E-state index contributed by atoms with van der Waals surface area (Å²) in [6.07, 6.45) is 8.74. The predicted octanol–water partition coefficient (Wildman–Crippen LogP) is 11.2. The van der Waals surface area contributed by atoms with Crippen LogP contribution in [0.25, 0.3) is 27.7 Å². The molecule has 4 aromatic carbocycles. The molecule has 4 fully saturated rings. The molecule has 1 aromatic heterocycles. The molecule has 374 valence electrons. The Bertz CT molecular complexity index is 2850. The van der Waals surface area contributed by atoms with Gasteiger partial charge in [0.25, 0.3) is 0 Å². The first kappa shape index (κ1) is 49.0. The maximum Gasteiger partial charge on any atom is 0.164 e. The lowest BCUT2D eigenvalue weighted by atomic mass is 9.70. The number of nitrogens with two attached hydrogens (primary N) is 1. The predicted molar refractivity (Wildman–Crippen MR) is 290 cm³/mol. The molecular formula is C59H72ClF2N9. The third-order valence-corrected chi connectivity index (χ3v) is 17.5. The van der Waals surface area contributed by atoms with Crippen molar-refractivity contribution in [3.8, 4) is 11.1 Å². The zero-order chi connectivity index (χ0) is 49.7. The van der Waals surface area contributed by atoms with Gasteiger partial charge in [-0.3, -0.25) is 4.68 Å². The number of benzene rings is 4. The summed E-state index contributed by atoms with van der Waals surface area (Å²) in [7, 11) is 2.03. The summed E-state index contributed by atoms with van der Waals surface area (Å²) in [6, 6.07) is 22.8. The van der Waals surface area contributed by atoms with Crippen LogP contribution in [0.3, 0.4) is 0 Å². The van der Waals surface area contributed by atoms with Crippen LogP contribution in [0, 0.1) is 23.5 Å². The Morgan fingerprint density at radius 2 is 1.63 bits per heavy atom. The molecule has 2 unspecified atom stereocenters. The Kier molecular flexibility index (Phi) is 13.9. The number of piperidine rings is 3. The Hall–Kier alpha value is -5.62. The van der Waals surface area contributed by atoms with Crippen molar-refractivity contribution in [1.29, 1.82) is 0 Å². The van der Waals surface area contributed by atoms with E-state index in [2.05, 4.69) is 99.4 Å². The summed E-state index contributed by atoms with van der Waals surface area (Å²) in [5.74, 6) is 1.91.